The monoisotopic (exact) mass is 709 g/mol. The molecule has 9 nitrogen and oxygen atoms in total. The van der Waals surface area contributed by atoms with E-state index in [1.54, 1.807) is 39.0 Å². The van der Waals surface area contributed by atoms with Gasteiger partial charge in [-0.25, -0.2) is 13.9 Å². The van der Waals surface area contributed by atoms with Crippen molar-refractivity contribution in [1.82, 2.24) is 20.0 Å². The Morgan fingerprint density at radius 3 is 1.91 bits per heavy atom. The molecule has 0 spiro atoms. The Bertz CT molecular complexity index is 2160. The first-order valence-corrected chi connectivity index (χ1v) is 17.5. The molecule has 1 saturated heterocycles. The first-order valence-electron chi connectivity index (χ1n) is 17.5. The molecule has 53 heavy (non-hydrogen) atoms. The summed E-state index contributed by atoms with van der Waals surface area (Å²) in [6, 6.07) is 42.2. The smallest absolute Gasteiger partial charge is 0.410 e. The molecule has 0 radical (unpaired) electrons. The van der Waals surface area contributed by atoms with Crippen molar-refractivity contribution < 1.29 is 23.5 Å². The van der Waals surface area contributed by atoms with Gasteiger partial charge in [-0.15, -0.1) is 0 Å². The largest absolute Gasteiger partial charge is 0.444 e. The summed E-state index contributed by atoms with van der Waals surface area (Å²) in [6.07, 6.45) is 0.122. The number of fused-ring (bicyclic) bond motifs is 1. The van der Waals surface area contributed by atoms with Crippen LogP contribution in [0, 0.1) is 5.82 Å². The predicted molar refractivity (Wildman–Crippen MR) is 203 cm³/mol. The number of carbonyl (C=O) groups excluding carboxylic acids is 3. The second kappa shape index (κ2) is 14.0. The van der Waals surface area contributed by atoms with Gasteiger partial charge in [0.1, 0.15) is 28.2 Å². The van der Waals surface area contributed by atoms with Gasteiger partial charge in [0.15, 0.2) is 0 Å². The minimum Gasteiger partial charge on any atom is -0.444 e. The van der Waals surface area contributed by atoms with Gasteiger partial charge in [-0.3, -0.25) is 9.59 Å². The van der Waals surface area contributed by atoms with E-state index in [9.17, 15) is 18.8 Å². The number of carbonyl (C=O) groups is 3. The van der Waals surface area contributed by atoms with Gasteiger partial charge < -0.3 is 20.3 Å². The van der Waals surface area contributed by atoms with Crippen LogP contribution in [0.25, 0.3) is 22.2 Å². The zero-order valence-corrected chi connectivity index (χ0v) is 29.8. The van der Waals surface area contributed by atoms with Crippen molar-refractivity contribution >= 4 is 35.0 Å². The van der Waals surface area contributed by atoms with E-state index >= 15 is 0 Å². The molecule has 6 aromatic rings. The molecular weight excluding hydrogens is 670 g/mol. The van der Waals surface area contributed by atoms with Crippen molar-refractivity contribution in [3.05, 3.63) is 156 Å². The van der Waals surface area contributed by atoms with Crippen LogP contribution in [0.15, 0.2) is 133 Å². The molecule has 0 bridgehead atoms. The molecule has 1 aliphatic heterocycles. The van der Waals surface area contributed by atoms with E-state index in [4.69, 9.17) is 9.84 Å². The summed E-state index contributed by atoms with van der Waals surface area (Å²) in [5, 5.41) is 11.8. The summed E-state index contributed by atoms with van der Waals surface area (Å²) >= 11 is 0. The number of anilines is 1. The van der Waals surface area contributed by atoms with Crippen molar-refractivity contribution in [2.75, 3.05) is 18.4 Å². The molecule has 0 aliphatic carbocycles. The Balaban J connectivity index is 1.39. The number of hydrogen-bond acceptors (Lipinski definition) is 5. The third kappa shape index (κ3) is 6.64. The number of hydrogen-bond donors (Lipinski definition) is 2. The molecule has 1 aliphatic rings. The Hall–Kier alpha value is -6.29. The number of likely N-dealkylation sites (tertiary alicyclic amines) is 1. The zero-order chi connectivity index (χ0) is 37.2. The summed E-state index contributed by atoms with van der Waals surface area (Å²) in [7, 11) is 0. The quantitative estimate of drug-likeness (QED) is 0.118. The Morgan fingerprint density at radius 2 is 1.38 bits per heavy atom. The van der Waals surface area contributed by atoms with Gasteiger partial charge >= 0.3 is 6.09 Å². The van der Waals surface area contributed by atoms with E-state index in [0.29, 0.717) is 28.7 Å². The molecule has 2 heterocycles. The maximum atomic E-state index is 14.3. The normalized spacial score (nSPS) is 16.0. The fourth-order valence-corrected chi connectivity index (χ4v) is 7.20. The Morgan fingerprint density at radius 1 is 0.811 bits per heavy atom. The standard InChI is InChI=1S/C43H40FN5O4/c1-41(2,3)53-40(52)48-26-25-42(28-48,45-29-50)39(51)46-35-23-24-37-36(27-35)38(30-19-21-34(44)22-20-30)47-49(37)43(31-13-7-4-8-14-31,32-15-9-5-10-16-32)33-17-11-6-12-18-33/h4-24,27,29H,25-26,28H2,1-3H3,(H,45,50)(H,46,51). The second-order valence-electron chi connectivity index (χ2n) is 14.3. The molecule has 3 amide bonds. The lowest BCUT2D eigenvalue weighted by Gasteiger charge is -2.37. The Kier molecular flexibility index (Phi) is 9.30. The highest BCUT2D eigenvalue weighted by atomic mass is 19.1. The highest BCUT2D eigenvalue weighted by molar-refractivity contribution is 6.03. The van der Waals surface area contributed by atoms with E-state index in [-0.39, 0.29) is 25.3 Å². The highest BCUT2D eigenvalue weighted by Gasteiger charge is 2.47. The predicted octanol–water partition coefficient (Wildman–Crippen LogP) is 7.75. The van der Waals surface area contributed by atoms with E-state index in [1.807, 2.05) is 71.4 Å². The third-order valence-electron chi connectivity index (χ3n) is 9.64. The Labute approximate surface area is 307 Å². The first kappa shape index (κ1) is 35.1. The summed E-state index contributed by atoms with van der Waals surface area (Å²) in [5.74, 6) is -0.847. The van der Waals surface area contributed by atoms with Crippen LogP contribution in [0.2, 0.25) is 0 Å². The van der Waals surface area contributed by atoms with Crippen LogP contribution in [-0.2, 0) is 19.9 Å². The minimum atomic E-state index is -1.37. The van der Waals surface area contributed by atoms with Crippen molar-refractivity contribution in [1.29, 1.82) is 0 Å². The maximum Gasteiger partial charge on any atom is 0.410 e. The van der Waals surface area contributed by atoms with Crippen LogP contribution < -0.4 is 10.6 Å². The minimum absolute atomic E-state index is 0.0543. The molecule has 2 N–H and O–H groups in total. The summed E-state index contributed by atoms with van der Waals surface area (Å²) in [5.41, 5.74) is 2.37. The lowest BCUT2D eigenvalue weighted by molar-refractivity contribution is -0.125. The van der Waals surface area contributed by atoms with Crippen LogP contribution >= 0.6 is 0 Å². The van der Waals surface area contributed by atoms with Crippen LogP contribution in [-0.4, -0.2) is 57.3 Å². The molecule has 7 rings (SSSR count). The van der Waals surface area contributed by atoms with E-state index in [1.165, 1.54) is 17.0 Å². The number of amides is 3. The third-order valence-corrected chi connectivity index (χ3v) is 9.64. The zero-order valence-electron chi connectivity index (χ0n) is 29.8. The maximum absolute atomic E-state index is 14.3. The molecule has 1 unspecified atom stereocenters. The van der Waals surface area contributed by atoms with Gasteiger partial charge in [0, 0.05) is 23.2 Å². The SMILES string of the molecule is CC(C)(C)OC(=O)N1CCC(NC=O)(C(=O)Nc2ccc3c(c2)c(-c2ccc(F)cc2)nn3C(c2ccccc2)(c2ccccc2)c2ccccc2)C1. The van der Waals surface area contributed by atoms with Gasteiger partial charge in [0.05, 0.1) is 12.1 Å². The number of rotatable bonds is 9. The molecule has 1 aromatic heterocycles. The number of aromatic nitrogens is 2. The number of halogens is 1. The van der Waals surface area contributed by atoms with E-state index < -0.39 is 28.7 Å². The van der Waals surface area contributed by atoms with Gasteiger partial charge in [-0.05, 0) is 86.3 Å². The molecule has 0 saturated carbocycles. The van der Waals surface area contributed by atoms with Crippen LogP contribution in [0.5, 0.6) is 0 Å². The van der Waals surface area contributed by atoms with Crippen molar-refractivity contribution in [2.24, 2.45) is 0 Å². The summed E-state index contributed by atoms with van der Waals surface area (Å²) < 4.78 is 21.8. The van der Waals surface area contributed by atoms with Crippen LogP contribution in [0.3, 0.4) is 0 Å². The lowest BCUT2D eigenvalue weighted by Crippen LogP contribution is -2.56. The second-order valence-corrected chi connectivity index (χ2v) is 14.3. The molecular formula is C43H40FN5O4. The molecule has 1 atom stereocenters. The van der Waals surface area contributed by atoms with E-state index in [0.717, 1.165) is 22.2 Å². The fourth-order valence-electron chi connectivity index (χ4n) is 7.20. The van der Waals surface area contributed by atoms with Crippen LogP contribution in [0.4, 0.5) is 14.9 Å². The first-order chi connectivity index (χ1) is 25.5. The number of nitrogens with zero attached hydrogens (tertiary/aromatic N) is 3. The number of benzene rings is 5. The number of ether oxygens (including phenoxy) is 1. The van der Waals surface area contributed by atoms with Gasteiger partial charge in [0.25, 0.3) is 5.91 Å². The summed E-state index contributed by atoms with van der Waals surface area (Å²) in [6.45, 7) is 5.48. The van der Waals surface area contributed by atoms with Gasteiger partial charge in [-0.2, -0.15) is 5.10 Å². The van der Waals surface area contributed by atoms with Crippen molar-refractivity contribution in [3.8, 4) is 11.3 Å². The highest BCUT2D eigenvalue weighted by Crippen LogP contribution is 2.44. The fraction of sp³-hybridized carbons (Fsp3) is 0.209. The summed E-state index contributed by atoms with van der Waals surface area (Å²) in [4.78, 5) is 40.2. The van der Waals surface area contributed by atoms with Crippen molar-refractivity contribution in [2.45, 2.75) is 43.9 Å². The molecule has 5 aromatic carbocycles. The average Bonchev–Trinajstić information content (AvgIpc) is 3.77. The molecule has 10 heteroatoms. The average molecular weight is 710 g/mol. The molecule has 1 fully saturated rings. The van der Waals surface area contributed by atoms with Gasteiger partial charge in [0.2, 0.25) is 6.41 Å². The van der Waals surface area contributed by atoms with Crippen molar-refractivity contribution in [3.63, 3.8) is 0 Å². The van der Waals surface area contributed by atoms with Gasteiger partial charge in [-0.1, -0.05) is 91.0 Å². The lowest BCUT2D eigenvalue weighted by atomic mass is 9.77. The van der Waals surface area contributed by atoms with Crippen LogP contribution in [0.1, 0.15) is 43.9 Å². The van der Waals surface area contributed by atoms with E-state index in [2.05, 4.69) is 47.0 Å². The molecule has 268 valence electrons. The topological polar surface area (TPSA) is 106 Å². The number of nitrogens with one attached hydrogen (secondary N) is 2.